The molecule has 0 N–H and O–H groups in total. The van der Waals surface area contributed by atoms with Gasteiger partial charge in [0.1, 0.15) is 17.0 Å². The summed E-state index contributed by atoms with van der Waals surface area (Å²) in [5, 5.41) is 5.74. The van der Waals surface area contributed by atoms with Crippen molar-refractivity contribution >= 4 is 54.4 Å². The van der Waals surface area contributed by atoms with E-state index in [0.717, 1.165) is 50.0 Å². The maximum absolute atomic E-state index is 6.19. The Kier molecular flexibility index (Phi) is 3.64. The lowest BCUT2D eigenvalue weighted by molar-refractivity contribution is 0.668. The number of imidazole rings is 1. The fourth-order valence-electron chi connectivity index (χ4n) is 4.63. The van der Waals surface area contributed by atoms with Gasteiger partial charge in [0.25, 0.3) is 0 Å². The summed E-state index contributed by atoms with van der Waals surface area (Å²) in [5.74, 6) is 0.955. The van der Waals surface area contributed by atoms with E-state index in [4.69, 9.17) is 9.40 Å². The molecule has 32 heavy (non-hydrogen) atoms. The van der Waals surface area contributed by atoms with Crippen LogP contribution in [0.25, 0.3) is 60.1 Å². The molecule has 0 fully saturated rings. The van der Waals surface area contributed by atoms with E-state index < -0.39 is 0 Å². The molecule has 0 atom stereocenters. The predicted molar refractivity (Wildman–Crippen MR) is 134 cm³/mol. The van der Waals surface area contributed by atoms with Crippen LogP contribution in [0.1, 0.15) is 5.56 Å². The second-order valence-corrected chi connectivity index (χ2v) is 9.10. The van der Waals surface area contributed by atoms with Crippen molar-refractivity contribution in [3.8, 4) is 17.1 Å². The van der Waals surface area contributed by atoms with Crippen molar-refractivity contribution in [3.63, 3.8) is 0 Å². The number of hydrogen-bond acceptors (Lipinski definition) is 3. The Balaban J connectivity index is 1.54. The Morgan fingerprint density at radius 3 is 2.56 bits per heavy atom. The number of fused-ring (bicyclic) bond motifs is 5. The van der Waals surface area contributed by atoms with Crippen molar-refractivity contribution in [2.75, 3.05) is 0 Å². The third-order valence-corrected chi connectivity index (χ3v) is 7.10. The smallest absolute Gasteiger partial charge is 0.147 e. The van der Waals surface area contributed by atoms with Gasteiger partial charge in [-0.1, -0.05) is 42.5 Å². The van der Waals surface area contributed by atoms with E-state index in [1.807, 2.05) is 18.2 Å². The van der Waals surface area contributed by atoms with Gasteiger partial charge in [0.05, 0.1) is 16.7 Å². The van der Waals surface area contributed by atoms with Crippen LogP contribution in [0.2, 0.25) is 0 Å². The summed E-state index contributed by atoms with van der Waals surface area (Å²) >= 11 is 1.77. The van der Waals surface area contributed by atoms with E-state index in [2.05, 4.69) is 83.6 Å². The summed E-state index contributed by atoms with van der Waals surface area (Å²) in [7, 11) is 0. The van der Waals surface area contributed by atoms with Gasteiger partial charge in [-0.2, -0.15) is 0 Å². The average Bonchev–Trinajstić information content (AvgIpc) is 3.50. The Morgan fingerprint density at radius 1 is 0.781 bits per heavy atom. The van der Waals surface area contributed by atoms with Crippen LogP contribution in [0.4, 0.5) is 0 Å². The molecule has 0 radical (unpaired) electrons. The number of para-hydroxylation sites is 3. The van der Waals surface area contributed by atoms with E-state index in [0.29, 0.717) is 0 Å². The molecule has 0 aliphatic rings. The molecule has 0 aliphatic heterocycles. The summed E-state index contributed by atoms with van der Waals surface area (Å²) in [6.07, 6.45) is 0. The fraction of sp³-hybridized carbons (Fsp3) is 0.0357. The highest BCUT2D eigenvalue weighted by Crippen LogP contribution is 2.38. The van der Waals surface area contributed by atoms with Gasteiger partial charge in [0.15, 0.2) is 0 Å². The second kappa shape index (κ2) is 6.55. The number of rotatable bonds is 2. The molecule has 4 heteroatoms. The third kappa shape index (κ3) is 2.50. The first-order valence-corrected chi connectivity index (χ1v) is 11.5. The summed E-state index contributed by atoms with van der Waals surface area (Å²) in [4.78, 5) is 5.07. The van der Waals surface area contributed by atoms with Gasteiger partial charge in [0, 0.05) is 37.9 Å². The molecule has 152 valence electrons. The minimum absolute atomic E-state index is 0.887. The molecule has 0 amide bonds. The largest absolute Gasteiger partial charge is 0.456 e. The number of aromatic nitrogens is 2. The predicted octanol–water partition coefficient (Wildman–Crippen LogP) is 8.12. The monoisotopic (exact) mass is 430 g/mol. The van der Waals surface area contributed by atoms with E-state index in [-0.39, 0.29) is 0 Å². The first kappa shape index (κ1) is 17.8. The van der Waals surface area contributed by atoms with Gasteiger partial charge in [-0.3, -0.25) is 4.57 Å². The number of nitrogens with zero attached hydrogens (tertiary/aromatic N) is 2. The van der Waals surface area contributed by atoms with Gasteiger partial charge in [0.2, 0.25) is 0 Å². The SMILES string of the molecule is Cc1ccc2c(-c3nc4ccccc4n3-c3ccc4c(c3)oc3ccccc34)csc2c1. The number of hydrogen-bond donors (Lipinski definition) is 0. The molecule has 3 heterocycles. The summed E-state index contributed by atoms with van der Waals surface area (Å²) < 4.78 is 9.72. The van der Waals surface area contributed by atoms with Crippen molar-refractivity contribution < 1.29 is 4.42 Å². The molecule has 7 aromatic rings. The number of thiophene rings is 1. The average molecular weight is 431 g/mol. The minimum Gasteiger partial charge on any atom is -0.456 e. The van der Waals surface area contributed by atoms with E-state index in [9.17, 15) is 0 Å². The zero-order valence-electron chi connectivity index (χ0n) is 17.4. The molecule has 7 rings (SSSR count). The highest BCUT2D eigenvalue weighted by Gasteiger charge is 2.18. The van der Waals surface area contributed by atoms with Crippen molar-refractivity contribution in [2.45, 2.75) is 6.92 Å². The molecule has 0 saturated carbocycles. The maximum Gasteiger partial charge on any atom is 0.147 e. The topological polar surface area (TPSA) is 31.0 Å². The molecule has 0 unspecified atom stereocenters. The number of benzene rings is 4. The molecule has 3 aromatic heterocycles. The van der Waals surface area contributed by atoms with Crippen molar-refractivity contribution in [2.24, 2.45) is 0 Å². The van der Waals surface area contributed by atoms with Gasteiger partial charge >= 0.3 is 0 Å². The molecule has 0 bridgehead atoms. The first-order valence-electron chi connectivity index (χ1n) is 10.6. The molecular weight excluding hydrogens is 412 g/mol. The molecule has 0 spiro atoms. The van der Waals surface area contributed by atoms with Gasteiger partial charge in [-0.05, 0) is 48.9 Å². The van der Waals surface area contributed by atoms with Crippen molar-refractivity contribution in [1.29, 1.82) is 0 Å². The summed E-state index contributed by atoms with van der Waals surface area (Å²) in [6, 6.07) is 29.6. The zero-order chi connectivity index (χ0) is 21.2. The van der Waals surface area contributed by atoms with Crippen LogP contribution in [0.5, 0.6) is 0 Å². The van der Waals surface area contributed by atoms with Crippen molar-refractivity contribution in [3.05, 3.63) is 95.9 Å². The lowest BCUT2D eigenvalue weighted by atomic mass is 10.1. The van der Waals surface area contributed by atoms with Gasteiger partial charge in [-0.25, -0.2) is 4.98 Å². The Hall–Kier alpha value is -3.89. The summed E-state index contributed by atoms with van der Waals surface area (Å²) in [5.41, 5.74) is 7.35. The van der Waals surface area contributed by atoms with E-state index in [1.165, 1.54) is 15.6 Å². The molecule has 4 aromatic carbocycles. The van der Waals surface area contributed by atoms with E-state index >= 15 is 0 Å². The van der Waals surface area contributed by atoms with Crippen LogP contribution in [0.3, 0.4) is 0 Å². The molecule has 0 aliphatic carbocycles. The zero-order valence-corrected chi connectivity index (χ0v) is 18.2. The van der Waals surface area contributed by atoms with Crippen LogP contribution in [0.15, 0.2) is 94.7 Å². The fourth-order valence-corrected chi connectivity index (χ4v) is 5.67. The van der Waals surface area contributed by atoms with Gasteiger partial charge in [-0.15, -0.1) is 11.3 Å². The highest BCUT2D eigenvalue weighted by molar-refractivity contribution is 7.17. The Labute approximate surface area is 188 Å². The standard InChI is InChI=1S/C28H18N2OS/c1-17-10-12-21-22(16-32-27(21)14-17)28-29-23-7-3-4-8-24(23)30(28)18-11-13-20-19-6-2-5-9-25(19)31-26(20)15-18/h2-16H,1H3. The van der Waals surface area contributed by atoms with E-state index in [1.54, 1.807) is 11.3 Å². The Bertz CT molecular complexity index is 1800. The Morgan fingerprint density at radius 2 is 1.59 bits per heavy atom. The van der Waals surface area contributed by atoms with Crippen LogP contribution in [-0.4, -0.2) is 9.55 Å². The molecule has 0 saturated heterocycles. The number of aryl methyl sites for hydroxylation is 1. The minimum atomic E-state index is 0.887. The van der Waals surface area contributed by atoms with Crippen molar-refractivity contribution in [1.82, 2.24) is 9.55 Å². The number of furan rings is 1. The molecular formula is C28H18N2OS. The van der Waals surface area contributed by atoms with Crippen LogP contribution >= 0.6 is 11.3 Å². The second-order valence-electron chi connectivity index (χ2n) is 8.19. The molecule has 3 nitrogen and oxygen atoms in total. The van der Waals surface area contributed by atoms with Crippen LogP contribution in [0, 0.1) is 6.92 Å². The third-order valence-electron chi connectivity index (χ3n) is 6.15. The van der Waals surface area contributed by atoms with Crippen LogP contribution < -0.4 is 0 Å². The summed E-state index contributed by atoms with van der Waals surface area (Å²) in [6.45, 7) is 2.14. The lowest BCUT2D eigenvalue weighted by Gasteiger charge is -2.09. The normalized spacial score (nSPS) is 11.9. The first-order chi connectivity index (χ1) is 15.8. The van der Waals surface area contributed by atoms with Crippen LogP contribution in [-0.2, 0) is 0 Å². The van der Waals surface area contributed by atoms with Gasteiger partial charge < -0.3 is 4.42 Å². The quantitative estimate of drug-likeness (QED) is 0.277. The highest BCUT2D eigenvalue weighted by atomic mass is 32.1. The lowest BCUT2D eigenvalue weighted by Crippen LogP contribution is -1.97. The maximum atomic E-state index is 6.19.